The second-order valence-corrected chi connectivity index (χ2v) is 8.31. The number of aliphatic hydroxyl groups excluding tert-OH is 1. The average Bonchev–Trinajstić information content (AvgIpc) is 2.61. The van der Waals surface area contributed by atoms with Gasteiger partial charge in [-0.25, -0.2) is 8.37 Å². The van der Waals surface area contributed by atoms with Gasteiger partial charge in [-0.05, 0) is 19.8 Å². The Morgan fingerprint density at radius 3 is 1.85 bits per heavy atom. The zero-order chi connectivity index (χ0) is 20.2. The molecule has 0 saturated carbocycles. The summed E-state index contributed by atoms with van der Waals surface area (Å²) in [5.41, 5.74) is 0. The molecule has 0 amide bonds. The molecule has 5 nitrogen and oxygen atoms in total. The minimum absolute atomic E-state index is 0.0384. The molecule has 0 aromatic rings. The molecule has 0 bridgehead atoms. The Hall–Kier alpha value is -0.430. The van der Waals surface area contributed by atoms with Gasteiger partial charge in [0.15, 0.2) is 0 Å². The number of hydrogen-bond acceptors (Lipinski definition) is 5. The largest absolute Gasteiger partial charge is 0.400 e. The van der Waals surface area contributed by atoms with E-state index in [4.69, 9.17) is 9.29 Å². The lowest BCUT2D eigenvalue weighted by molar-refractivity contribution is 0.158. The quantitative estimate of drug-likeness (QED) is 0.208. The molecule has 6 heteroatoms. The fourth-order valence-electron chi connectivity index (χ4n) is 2.98. The van der Waals surface area contributed by atoms with Crippen LogP contribution in [0.25, 0.3) is 0 Å². The molecule has 1 unspecified atom stereocenters. The molecule has 0 heterocycles. The molecular formula is C21H42O5S. The van der Waals surface area contributed by atoms with Crippen molar-refractivity contribution in [3.63, 3.8) is 0 Å². The summed E-state index contributed by atoms with van der Waals surface area (Å²) >= 11 is 0. The Morgan fingerprint density at radius 2 is 1.37 bits per heavy atom. The van der Waals surface area contributed by atoms with Gasteiger partial charge in [0.2, 0.25) is 0 Å². The van der Waals surface area contributed by atoms with Crippen LogP contribution in [-0.4, -0.2) is 32.8 Å². The van der Waals surface area contributed by atoms with Crippen molar-refractivity contribution < 1.29 is 21.9 Å². The highest BCUT2D eigenvalue weighted by atomic mass is 32.3. The first kappa shape index (κ1) is 26.6. The molecule has 0 radical (unpaired) electrons. The number of rotatable bonds is 20. The second kappa shape index (κ2) is 18.9. The van der Waals surface area contributed by atoms with Gasteiger partial charge in [0, 0.05) is 13.0 Å². The first-order valence-corrected chi connectivity index (χ1v) is 12.2. The molecule has 0 aromatic carbocycles. The Labute approximate surface area is 167 Å². The van der Waals surface area contributed by atoms with Gasteiger partial charge in [-0.1, -0.05) is 89.7 Å². The molecule has 162 valence electrons. The summed E-state index contributed by atoms with van der Waals surface area (Å²) < 4.78 is 32.5. The van der Waals surface area contributed by atoms with E-state index in [1.165, 1.54) is 70.6 Å². The number of aliphatic hydroxyl groups is 1. The van der Waals surface area contributed by atoms with Crippen molar-refractivity contribution in [3.05, 3.63) is 12.2 Å². The fourth-order valence-corrected chi connectivity index (χ4v) is 3.79. The van der Waals surface area contributed by atoms with Gasteiger partial charge < -0.3 is 5.11 Å². The van der Waals surface area contributed by atoms with E-state index in [2.05, 4.69) is 11.1 Å². The van der Waals surface area contributed by atoms with Crippen LogP contribution in [-0.2, 0) is 18.8 Å². The Balaban J connectivity index is 3.65. The molecule has 0 aliphatic carbocycles. The van der Waals surface area contributed by atoms with Gasteiger partial charge in [0.05, 0.1) is 12.7 Å². The van der Waals surface area contributed by atoms with Crippen LogP contribution in [0.5, 0.6) is 0 Å². The van der Waals surface area contributed by atoms with Crippen LogP contribution in [0.2, 0.25) is 0 Å². The predicted octanol–water partition coefficient (Wildman–Crippen LogP) is 5.68. The van der Waals surface area contributed by atoms with Gasteiger partial charge in [0.25, 0.3) is 0 Å². The Morgan fingerprint density at radius 1 is 0.852 bits per heavy atom. The van der Waals surface area contributed by atoms with Gasteiger partial charge >= 0.3 is 10.4 Å². The smallest absolute Gasteiger partial charge is 0.396 e. The van der Waals surface area contributed by atoms with E-state index in [-0.39, 0.29) is 19.6 Å². The van der Waals surface area contributed by atoms with Crippen molar-refractivity contribution in [2.75, 3.05) is 13.2 Å². The van der Waals surface area contributed by atoms with Crippen LogP contribution < -0.4 is 0 Å². The first-order chi connectivity index (χ1) is 13.1. The SMILES string of the molecule is CCCCCCCCCCCCCC/C=C/C(CCO)OS(=O)(=O)OCC. The van der Waals surface area contributed by atoms with E-state index >= 15 is 0 Å². The molecule has 0 aliphatic rings. The number of unbranched alkanes of at least 4 members (excludes halogenated alkanes) is 12. The second-order valence-electron chi connectivity index (χ2n) is 7.07. The molecular weight excluding hydrogens is 364 g/mol. The van der Waals surface area contributed by atoms with Crippen molar-refractivity contribution in [3.8, 4) is 0 Å². The molecule has 0 saturated heterocycles. The maximum atomic E-state index is 11.5. The van der Waals surface area contributed by atoms with E-state index in [9.17, 15) is 8.42 Å². The van der Waals surface area contributed by atoms with Crippen LogP contribution in [0.1, 0.15) is 104 Å². The normalized spacial score (nSPS) is 13.4. The number of hydrogen-bond donors (Lipinski definition) is 1. The zero-order valence-corrected chi connectivity index (χ0v) is 18.4. The van der Waals surface area contributed by atoms with Crippen molar-refractivity contribution in [1.29, 1.82) is 0 Å². The van der Waals surface area contributed by atoms with E-state index in [0.29, 0.717) is 0 Å². The number of allylic oxidation sites excluding steroid dienone is 1. The van der Waals surface area contributed by atoms with E-state index < -0.39 is 16.5 Å². The fraction of sp³-hybridized carbons (Fsp3) is 0.905. The van der Waals surface area contributed by atoms with E-state index in [1.807, 2.05) is 6.08 Å². The monoisotopic (exact) mass is 406 g/mol. The molecule has 0 fully saturated rings. The zero-order valence-electron chi connectivity index (χ0n) is 17.5. The minimum atomic E-state index is -3.98. The lowest BCUT2D eigenvalue weighted by Gasteiger charge is -2.12. The lowest BCUT2D eigenvalue weighted by atomic mass is 10.0. The highest BCUT2D eigenvalue weighted by Gasteiger charge is 2.17. The topological polar surface area (TPSA) is 72.8 Å². The molecule has 0 rings (SSSR count). The van der Waals surface area contributed by atoms with Crippen molar-refractivity contribution in [2.45, 2.75) is 110 Å². The Bertz CT molecular complexity index is 434. The van der Waals surface area contributed by atoms with Gasteiger partial charge in [-0.15, -0.1) is 0 Å². The molecule has 1 N–H and O–H groups in total. The summed E-state index contributed by atoms with van der Waals surface area (Å²) in [4.78, 5) is 0. The minimum Gasteiger partial charge on any atom is -0.396 e. The standard InChI is InChI=1S/C21H42O5S/c1-3-5-6-7-8-9-10-11-12-13-14-15-16-17-18-21(19-20-22)26-27(23,24)25-4-2/h17-18,21-22H,3-16,19-20H2,1-2H3/b18-17+. The third kappa shape index (κ3) is 18.7. The molecule has 27 heavy (non-hydrogen) atoms. The van der Waals surface area contributed by atoms with Gasteiger partial charge in [-0.3, -0.25) is 0 Å². The molecule has 1 atom stereocenters. The first-order valence-electron chi connectivity index (χ1n) is 10.9. The van der Waals surface area contributed by atoms with Crippen molar-refractivity contribution in [2.24, 2.45) is 0 Å². The average molecular weight is 407 g/mol. The highest BCUT2D eigenvalue weighted by Crippen LogP contribution is 2.13. The van der Waals surface area contributed by atoms with Crippen LogP contribution >= 0.6 is 0 Å². The van der Waals surface area contributed by atoms with Crippen molar-refractivity contribution >= 4 is 10.4 Å². The summed E-state index contributed by atoms with van der Waals surface area (Å²) in [5.74, 6) is 0. The molecule has 0 aromatic heterocycles. The maximum Gasteiger partial charge on any atom is 0.400 e. The van der Waals surface area contributed by atoms with E-state index in [0.717, 1.165) is 12.8 Å². The molecule has 0 aliphatic heterocycles. The van der Waals surface area contributed by atoms with Crippen LogP contribution in [0.4, 0.5) is 0 Å². The highest BCUT2D eigenvalue weighted by molar-refractivity contribution is 7.81. The summed E-state index contributed by atoms with van der Waals surface area (Å²) in [5, 5.41) is 9.03. The van der Waals surface area contributed by atoms with Crippen LogP contribution in [0.15, 0.2) is 12.2 Å². The van der Waals surface area contributed by atoms with Crippen LogP contribution in [0, 0.1) is 0 Å². The Kier molecular flexibility index (Phi) is 18.6. The third-order valence-electron chi connectivity index (χ3n) is 4.49. The molecule has 0 spiro atoms. The summed E-state index contributed by atoms with van der Waals surface area (Å²) in [7, 11) is -3.98. The predicted molar refractivity (Wildman–Crippen MR) is 112 cm³/mol. The third-order valence-corrected chi connectivity index (χ3v) is 5.50. The summed E-state index contributed by atoms with van der Waals surface area (Å²) in [6.07, 6.45) is 19.9. The van der Waals surface area contributed by atoms with Gasteiger partial charge in [0.1, 0.15) is 0 Å². The van der Waals surface area contributed by atoms with Crippen LogP contribution in [0.3, 0.4) is 0 Å². The van der Waals surface area contributed by atoms with Crippen molar-refractivity contribution in [1.82, 2.24) is 0 Å². The lowest BCUT2D eigenvalue weighted by Crippen LogP contribution is -2.19. The van der Waals surface area contributed by atoms with E-state index in [1.54, 1.807) is 13.0 Å². The summed E-state index contributed by atoms with van der Waals surface area (Å²) in [6.45, 7) is 3.75. The maximum absolute atomic E-state index is 11.5. The summed E-state index contributed by atoms with van der Waals surface area (Å²) in [6, 6.07) is 0. The van der Waals surface area contributed by atoms with Gasteiger partial charge in [-0.2, -0.15) is 8.42 Å².